The quantitative estimate of drug-likeness (QED) is 0.170. The van der Waals surface area contributed by atoms with E-state index in [4.69, 9.17) is 9.47 Å². The number of ether oxygens (including phenoxy) is 2. The first-order chi connectivity index (χ1) is 15.1. The van der Waals surface area contributed by atoms with Gasteiger partial charge in [-0.05, 0) is 88.6 Å². The Morgan fingerprint density at radius 2 is 1.06 bits per heavy atom. The molecule has 0 bridgehead atoms. The van der Waals surface area contributed by atoms with Crippen molar-refractivity contribution in [3.05, 3.63) is 48.5 Å². The fraction of sp³-hybridized carbons (Fsp3) is 0.538. The molecule has 0 N–H and O–H groups in total. The Kier molecular flexibility index (Phi) is 11.1. The first kappa shape index (κ1) is 24.9. The van der Waals surface area contributed by atoms with Gasteiger partial charge >= 0.3 is 0 Å². The number of azo groups is 1. The molecule has 2 rings (SSSR count). The highest BCUT2D eigenvalue weighted by Gasteiger charge is 2.19. The molecule has 5 heteroatoms. The van der Waals surface area contributed by atoms with Crippen LogP contribution in [0.4, 0.5) is 11.4 Å². The Labute approximate surface area is 188 Å². The number of nitrogens with zero attached hydrogens (tertiary/aromatic N) is 3. The summed E-state index contributed by atoms with van der Waals surface area (Å²) in [6.45, 7) is 15.4. The van der Waals surface area contributed by atoms with Gasteiger partial charge in [-0.2, -0.15) is 10.2 Å². The van der Waals surface area contributed by atoms with Crippen LogP contribution in [0.25, 0.3) is 0 Å². The molecule has 0 saturated heterocycles. The van der Waals surface area contributed by atoms with E-state index in [1.807, 2.05) is 48.5 Å². The summed E-state index contributed by atoms with van der Waals surface area (Å²) in [4.78, 5) is 0. The second-order valence-electron chi connectivity index (χ2n) is 7.96. The van der Waals surface area contributed by atoms with Crippen LogP contribution in [0.2, 0.25) is 0 Å². The summed E-state index contributed by atoms with van der Waals surface area (Å²) in [5.74, 6) is 1.76. The zero-order valence-corrected chi connectivity index (χ0v) is 19.8. The van der Waals surface area contributed by atoms with Gasteiger partial charge in [0.1, 0.15) is 11.5 Å². The molecule has 0 spiro atoms. The van der Waals surface area contributed by atoms with Crippen molar-refractivity contribution in [1.29, 1.82) is 0 Å². The van der Waals surface area contributed by atoms with E-state index in [1.54, 1.807) is 0 Å². The van der Waals surface area contributed by atoms with E-state index in [1.165, 1.54) is 37.1 Å². The molecule has 31 heavy (non-hydrogen) atoms. The predicted molar refractivity (Wildman–Crippen MR) is 129 cm³/mol. The molecule has 5 nitrogen and oxygen atoms in total. The van der Waals surface area contributed by atoms with Gasteiger partial charge in [-0.15, -0.1) is 0 Å². The lowest BCUT2D eigenvalue weighted by molar-refractivity contribution is -0.923. The summed E-state index contributed by atoms with van der Waals surface area (Å²) in [5, 5.41) is 8.62. The number of hydrogen-bond acceptors (Lipinski definition) is 4. The van der Waals surface area contributed by atoms with Gasteiger partial charge in [0.2, 0.25) is 0 Å². The molecular weight excluding hydrogens is 386 g/mol. The largest absolute Gasteiger partial charge is 0.494 e. The third kappa shape index (κ3) is 8.70. The lowest BCUT2D eigenvalue weighted by Crippen LogP contribution is -2.48. The van der Waals surface area contributed by atoms with Crippen LogP contribution in [0.15, 0.2) is 58.8 Å². The Balaban J connectivity index is 1.74. The van der Waals surface area contributed by atoms with E-state index < -0.39 is 0 Å². The zero-order valence-electron chi connectivity index (χ0n) is 19.8. The van der Waals surface area contributed by atoms with Crippen molar-refractivity contribution in [2.75, 3.05) is 39.4 Å². The Morgan fingerprint density at radius 1 is 0.613 bits per heavy atom. The highest BCUT2D eigenvalue weighted by atomic mass is 16.5. The SMILES string of the molecule is CCCCOc1ccc(N=Nc2ccc(OCCCC[N+](CC)(CC)CC)cc2)cc1. The Hall–Kier alpha value is -2.40. The molecule has 0 saturated carbocycles. The van der Waals surface area contributed by atoms with Crippen LogP contribution in [-0.4, -0.2) is 43.9 Å². The predicted octanol–water partition coefficient (Wildman–Crippen LogP) is 7.32. The van der Waals surface area contributed by atoms with Crippen molar-refractivity contribution in [2.45, 2.75) is 53.4 Å². The molecule has 2 aromatic carbocycles. The fourth-order valence-electron chi connectivity index (χ4n) is 3.55. The third-order valence-corrected chi connectivity index (χ3v) is 6.03. The van der Waals surface area contributed by atoms with Crippen molar-refractivity contribution in [1.82, 2.24) is 0 Å². The first-order valence-corrected chi connectivity index (χ1v) is 11.9. The second-order valence-corrected chi connectivity index (χ2v) is 7.96. The van der Waals surface area contributed by atoms with E-state index in [9.17, 15) is 0 Å². The molecule has 0 atom stereocenters. The lowest BCUT2D eigenvalue weighted by Gasteiger charge is -2.35. The highest BCUT2D eigenvalue weighted by Crippen LogP contribution is 2.23. The standard InChI is InChI=1S/C26H40N3O2/c1-5-9-21-30-25-16-12-23(13-17-25)27-28-24-14-18-26(19-15-24)31-22-11-10-20-29(6-2,7-3)8-4/h12-19H,5-11,20-22H2,1-4H3/q+1. The fourth-order valence-corrected chi connectivity index (χ4v) is 3.55. The van der Waals surface area contributed by atoms with Crippen LogP contribution in [0.3, 0.4) is 0 Å². The number of hydrogen-bond donors (Lipinski definition) is 0. The van der Waals surface area contributed by atoms with Crippen LogP contribution in [0, 0.1) is 0 Å². The molecule has 0 amide bonds. The van der Waals surface area contributed by atoms with Crippen molar-refractivity contribution < 1.29 is 14.0 Å². The molecule has 0 aliphatic carbocycles. The number of benzene rings is 2. The van der Waals surface area contributed by atoms with E-state index in [2.05, 4.69) is 37.9 Å². The molecule has 0 aromatic heterocycles. The van der Waals surface area contributed by atoms with E-state index >= 15 is 0 Å². The summed E-state index contributed by atoms with van der Waals surface area (Å²) in [7, 11) is 0. The minimum absolute atomic E-state index is 0.752. The number of rotatable bonds is 15. The maximum atomic E-state index is 5.90. The van der Waals surface area contributed by atoms with Gasteiger partial charge in [0.15, 0.2) is 0 Å². The van der Waals surface area contributed by atoms with Gasteiger partial charge in [-0.1, -0.05) is 13.3 Å². The summed E-state index contributed by atoms with van der Waals surface area (Å²) in [5.41, 5.74) is 1.62. The summed E-state index contributed by atoms with van der Waals surface area (Å²) in [6.07, 6.45) is 4.48. The van der Waals surface area contributed by atoms with Gasteiger partial charge in [0, 0.05) is 0 Å². The molecule has 0 aliphatic rings. The normalized spacial score (nSPS) is 11.7. The van der Waals surface area contributed by atoms with Gasteiger partial charge in [-0.25, -0.2) is 0 Å². The first-order valence-electron chi connectivity index (χ1n) is 11.9. The molecular formula is C26H40N3O2+. The lowest BCUT2D eigenvalue weighted by atomic mass is 10.2. The van der Waals surface area contributed by atoms with Crippen LogP contribution < -0.4 is 9.47 Å². The molecule has 170 valence electrons. The van der Waals surface area contributed by atoms with Crippen molar-refractivity contribution >= 4 is 11.4 Å². The minimum atomic E-state index is 0.752. The van der Waals surface area contributed by atoms with E-state index in [-0.39, 0.29) is 0 Å². The summed E-state index contributed by atoms with van der Waals surface area (Å²) in [6, 6.07) is 15.5. The average Bonchev–Trinajstić information content (AvgIpc) is 2.82. The maximum Gasteiger partial charge on any atom is 0.119 e. The smallest absolute Gasteiger partial charge is 0.119 e. The van der Waals surface area contributed by atoms with Crippen LogP contribution in [0.1, 0.15) is 53.4 Å². The van der Waals surface area contributed by atoms with Crippen molar-refractivity contribution in [3.63, 3.8) is 0 Å². The molecule has 0 unspecified atom stereocenters. The van der Waals surface area contributed by atoms with E-state index in [0.29, 0.717) is 0 Å². The topological polar surface area (TPSA) is 43.2 Å². The van der Waals surface area contributed by atoms with Gasteiger partial charge in [0.05, 0.1) is 50.8 Å². The Bertz CT molecular complexity index is 745. The van der Waals surface area contributed by atoms with E-state index in [0.717, 1.165) is 55.4 Å². The van der Waals surface area contributed by atoms with Crippen LogP contribution in [0.5, 0.6) is 11.5 Å². The summed E-state index contributed by atoms with van der Waals surface area (Å²) >= 11 is 0. The second kappa shape index (κ2) is 13.8. The zero-order chi connectivity index (χ0) is 22.4. The third-order valence-electron chi connectivity index (χ3n) is 6.03. The maximum absolute atomic E-state index is 5.90. The van der Waals surface area contributed by atoms with Gasteiger partial charge in [0.25, 0.3) is 0 Å². The molecule has 0 heterocycles. The average molecular weight is 427 g/mol. The van der Waals surface area contributed by atoms with Crippen molar-refractivity contribution in [2.24, 2.45) is 10.2 Å². The molecule has 0 radical (unpaired) electrons. The van der Waals surface area contributed by atoms with Crippen molar-refractivity contribution in [3.8, 4) is 11.5 Å². The van der Waals surface area contributed by atoms with Crippen LogP contribution in [-0.2, 0) is 0 Å². The van der Waals surface area contributed by atoms with Crippen LogP contribution >= 0.6 is 0 Å². The van der Waals surface area contributed by atoms with Gasteiger partial charge in [-0.3, -0.25) is 0 Å². The summed E-state index contributed by atoms with van der Waals surface area (Å²) < 4.78 is 12.8. The highest BCUT2D eigenvalue weighted by molar-refractivity contribution is 5.44. The molecule has 0 aliphatic heterocycles. The molecule has 0 fully saturated rings. The number of unbranched alkanes of at least 4 members (excludes halogenated alkanes) is 2. The van der Waals surface area contributed by atoms with Gasteiger partial charge < -0.3 is 14.0 Å². The molecule has 2 aromatic rings. The monoisotopic (exact) mass is 426 g/mol. The Morgan fingerprint density at radius 3 is 1.48 bits per heavy atom. The number of quaternary nitrogens is 1. The minimum Gasteiger partial charge on any atom is -0.494 e.